The molecule has 1 aromatic carbocycles. The van der Waals surface area contributed by atoms with E-state index in [2.05, 4.69) is 41.0 Å². The van der Waals surface area contributed by atoms with Gasteiger partial charge in [-0.3, -0.25) is 10.1 Å². The molecular weight excluding hydrogens is 520 g/mol. The van der Waals surface area contributed by atoms with E-state index < -0.39 is 22.0 Å². The van der Waals surface area contributed by atoms with Crippen LogP contribution in [0.1, 0.15) is 29.2 Å². The average Bonchev–Trinajstić information content (AvgIpc) is 3.38. The van der Waals surface area contributed by atoms with E-state index in [0.717, 1.165) is 6.42 Å². The van der Waals surface area contributed by atoms with Crippen molar-refractivity contribution in [2.45, 2.75) is 19.4 Å². The van der Waals surface area contributed by atoms with Gasteiger partial charge in [0.2, 0.25) is 21.7 Å². The molecule has 1 aliphatic rings. The molecule has 38 heavy (non-hydrogen) atoms. The second-order valence-electron chi connectivity index (χ2n) is 8.07. The van der Waals surface area contributed by atoms with Crippen LogP contribution in [0.25, 0.3) is 11.4 Å². The smallest absolute Gasteiger partial charge is 0.412 e. The molecule has 3 heterocycles. The first-order chi connectivity index (χ1) is 18.2. The topological polar surface area (TPSA) is 191 Å². The van der Waals surface area contributed by atoms with Crippen molar-refractivity contribution in [2.24, 2.45) is 0 Å². The number of ether oxygens (including phenoxy) is 2. The number of rotatable bonds is 8. The molecule has 3 aromatic rings. The maximum Gasteiger partial charge on any atom is 0.412 e. The molecule has 202 valence electrons. The number of nitrogens with one attached hydrogen (secondary N) is 3. The molecule has 3 N–H and O–H groups in total. The first-order valence-electron chi connectivity index (χ1n) is 11.4. The Labute approximate surface area is 218 Å². The number of methoxy groups -OCH3 is 2. The van der Waals surface area contributed by atoms with E-state index in [0.29, 0.717) is 30.0 Å². The molecular formula is C22H26N8O7S. The fraction of sp³-hybridized carbons (Fsp3) is 0.364. The zero-order chi connectivity index (χ0) is 27.3. The van der Waals surface area contributed by atoms with E-state index in [-0.39, 0.29) is 41.2 Å². The van der Waals surface area contributed by atoms with Crippen LogP contribution in [-0.4, -0.2) is 78.6 Å². The fourth-order valence-corrected chi connectivity index (χ4v) is 5.31. The van der Waals surface area contributed by atoms with Crippen molar-refractivity contribution in [3.8, 4) is 17.1 Å². The Hall–Kier alpha value is -4.31. The summed E-state index contributed by atoms with van der Waals surface area (Å²) in [7, 11) is 0.723. The van der Waals surface area contributed by atoms with Gasteiger partial charge in [-0.25, -0.2) is 13.2 Å². The highest BCUT2D eigenvalue weighted by atomic mass is 32.2. The summed E-state index contributed by atoms with van der Waals surface area (Å²) in [5.41, 5.74) is 1.04. The summed E-state index contributed by atoms with van der Waals surface area (Å²) in [6, 6.07) is 6.50. The third-order valence-corrected chi connectivity index (χ3v) is 7.52. The first kappa shape index (κ1) is 26.7. The average molecular weight is 547 g/mol. The number of benzene rings is 1. The van der Waals surface area contributed by atoms with Gasteiger partial charge in [-0.2, -0.15) is 9.29 Å². The second kappa shape index (κ2) is 11.4. The standard InChI is InChI=1S/C22H26N8O7S/c1-23-21(31)18-15(11-16(27-28-18)25-22(32)36-3)24-14-8-6-7-13(19(14)35-2)20-26-17(37-29-20)12-30-9-4-5-10-38(30,33)34/h6-8,11H,4-5,9-10,12H2,1-3H3,(H,23,31)(H2,24,25,27,32). The van der Waals surface area contributed by atoms with E-state index in [9.17, 15) is 18.0 Å². The van der Waals surface area contributed by atoms with Crippen LogP contribution in [0.3, 0.4) is 0 Å². The maximum atomic E-state index is 12.4. The number of hydrogen-bond acceptors (Lipinski definition) is 12. The maximum absolute atomic E-state index is 12.4. The Morgan fingerprint density at radius 2 is 1.97 bits per heavy atom. The van der Waals surface area contributed by atoms with Crippen molar-refractivity contribution < 1.29 is 32.0 Å². The van der Waals surface area contributed by atoms with Gasteiger partial charge in [0.25, 0.3) is 5.91 Å². The number of para-hydroxylation sites is 1. The minimum atomic E-state index is -3.36. The summed E-state index contributed by atoms with van der Waals surface area (Å²) < 4.78 is 41.5. The number of aromatic nitrogens is 4. The van der Waals surface area contributed by atoms with E-state index in [1.807, 2.05) is 0 Å². The minimum absolute atomic E-state index is 0.0241. The van der Waals surface area contributed by atoms with E-state index >= 15 is 0 Å². The molecule has 2 amide bonds. The monoisotopic (exact) mass is 546 g/mol. The molecule has 0 bridgehead atoms. The van der Waals surface area contributed by atoms with E-state index in [1.165, 1.54) is 31.6 Å². The van der Waals surface area contributed by atoms with Gasteiger partial charge in [-0.15, -0.1) is 10.2 Å². The number of carbonyl (C=O) groups is 2. The van der Waals surface area contributed by atoms with Crippen molar-refractivity contribution in [1.29, 1.82) is 0 Å². The van der Waals surface area contributed by atoms with Crippen molar-refractivity contribution in [2.75, 3.05) is 44.2 Å². The SMILES string of the molecule is CNC(=O)c1nnc(NC(=O)OC)cc1Nc1cccc(-c2noc(CN3CCCCS3(=O)=O)n2)c1OC. The predicted molar refractivity (Wildman–Crippen MR) is 134 cm³/mol. The summed E-state index contributed by atoms with van der Waals surface area (Å²) in [6.07, 6.45) is 0.628. The lowest BCUT2D eigenvalue weighted by Gasteiger charge is -2.24. The van der Waals surface area contributed by atoms with Gasteiger partial charge in [0.1, 0.15) is 0 Å². The molecule has 2 aromatic heterocycles. The third kappa shape index (κ3) is 5.81. The van der Waals surface area contributed by atoms with Gasteiger partial charge in [-0.1, -0.05) is 11.2 Å². The Morgan fingerprint density at radius 1 is 1.16 bits per heavy atom. The van der Waals surface area contributed by atoms with Crippen molar-refractivity contribution >= 4 is 39.2 Å². The number of nitrogens with zero attached hydrogens (tertiary/aromatic N) is 5. The largest absolute Gasteiger partial charge is 0.494 e. The zero-order valence-electron chi connectivity index (χ0n) is 20.8. The Morgan fingerprint density at radius 3 is 2.68 bits per heavy atom. The minimum Gasteiger partial charge on any atom is -0.494 e. The Bertz CT molecular complexity index is 1440. The molecule has 1 aliphatic heterocycles. The molecule has 4 rings (SSSR count). The number of hydrogen-bond donors (Lipinski definition) is 3. The molecule has 0 spiro atoms. The van der Waals surface area contributed by atoms with Gasteiger partial charge < -0.3 is 24.6 Å². The summed E-state index contributed by atoms with van der Waals surface area (Å²) in [5, 5.41) is 19.7. The highest BCUT2D eigenvalue weighted by Gasteiger charge is 2.28. The highest BCUT2D eigenvalue weighted by Crippen LogP contribution is 2.37. The lowest BCUT2D eigenvalue weighted by Crippen LogP contribution is -2.37. The van der Waals surface area contributed by atoms with E-state index in [4.69, 9.17) is 9.26 Å². The Kier molecular flexibility index (Phi) is 8.02. The van der Waals surface area contributed by atoms with Crippen LogP contribution in [-0.2, 0) is 21.3 Å². The third-order valence-electron chi connectivity index (χ3n) is 5.61. The lowest BCUT2D eigenvalue weighted by molar-refractivity contribution is 0.0958. The predicted octanol–water partition coefficient (Wildman–Crippen LogP) is 1.74. The molecule has 0 radical (unpaired) electrons. The lowest BCUT2D eigenvalue weighted by atomic mass is 10.1. The quantitative estimate of drug-likeness (QED) is 0.371. The first-order valence-corrected chi connectivity index (χ1v) is 13.1. The number of sulfonamides is 1. The van der Waals surface area contributed by atoms with Crippen molar-refractivity contribution in [3.63, 3.8) is 0 Å². The van der Waals surface area contributed by atoms with Crippen molar-refractivity contribution in [1.82, 2.24) is 30.0 Å². The number of amides is 2. The molecule has 0 aliphatic carbocycles. The molecule has 0 atom stereocenters. The summed E-state index contributed by atoms with van der Waals surface area (Å²) in [6.45, 7) is 0.368. The molecule has 15 nitrogen and oxygen atoms in total. The number of carbonyl (C=O) groups excluding carboxylic acids is 2. The molecule has 16 heteroatoms. The van der Waals surface area contributed by atoms with Gasteiger partial charge in [0, 0.05) is 19.7 Å². The summed E-state index contributed by atoms with van der Waals surface area (Å²) in [4.78, 5) is 28.4. The van der Waals surface area contributed by atoms with E-state index in [1.54, 1.807) is 18.2 Å². The highest BCUT2D eigenvalue weighted by molar-refractivity contribution is 7.89. The van der Waals surface area contributed by atoms with Crippen LogP contribution in [0.4, 0.5) is 22.0 Å². The molecule has 0 unspecified atom stereocenters. The van der Waals surface area contributed by atoms with Crippen LogP contribution < -0.4 is 20.7 Å². The van der Waals surface area contributed by atoms with Gasteiger partial charge in [0.05, 0.1) is 43.5 Å². The Balaban J connectivity index is 1.65. The zero-order valence-corrected chi connectivity index (χ0v) is 21.7. The molecule has 1 saturated heterocycles. The van der Waals surface area contributed by atoms with Crippen LogP contribution >= 0.6 is 0 Å². The van der Waals surface area contributed by atoms with Crippen molar-refractivity contribution in [3.05, 3.63) is 35.9 Å². The van der Waals surface area contributed by atoms with Crippen LogP contribution in [0, 0.1) is 0 Å². The van der Waals surface area contributed by atoms with Crippen LogP contribution in [0.2, 0.25) is 0 Å². The summed E-state index contributed by atoms with van der Waals surface area (Å²) in [5.74, 6) is 0.251. The van der Waals surface area contributed by atoms with Crippen LogP contribution in [0.5, 0.6) is 5.75 Å². The van der Waals surface area contributed by atoms with Gasteiger partial charge >= 0.3 is 6.09 Å². The number of anilines is 3. The molecule has 1 fully saturated rings. The van der Waals surface area contributed by atoms with Gasteiger partial charge in [0.15, 0.2) is 17.3 Å². The second-order valence-corrected chi connectivity index (χ2v) is 10.2. The van der Waals surface area contributed by atoms with Crippen LogP contribution in [0.15, 0.2) is 28.8 Å². The molecule has 0 saturated carbocycles. The normalized spacial score (nSPS) is 14.9. The van der Waals surface area contributed by atoms with Gasteiger partial charge in [-0.05, 0) is 25.0 Å². The summed E-state index contributed by atoms with van der Waals surface area (Å²) >= 11 is 0. The fourth-order valence-electron chi connectivity index (χ4n) is 3.76.